The number of nitrogens with zero attached hydrogens (tertiary/aromatic N) is 1. The first kappa shape index (κ1) is 13.2. The van der Waals surface area contributed by atoms with Gasteiger partial charge in [-0.15, -0.1) is 0 Å². The maximum Gasteiger partial charge on any atom is 0.238 e. The van der Waals surface area contributed by atoms with Gasteiger partial charge in [0.2, 0.25) is 5.91 Å². The van der Waals surface area contributed by atoms with Gasteiger partial charge in [-0.3, -0.25) is 9.69 Å². The first-order valence-electron chi connectivity index (χ1n) is 6.05. The van der Waals surface area contributed by atoms with E-state index < -0.39 is 0 Å². The molecule has 0 aliphatic carbocycles. The van der Waals surface area contributed by atoms with Crippen LogP contribution in [-0.2, 0) is 4.79 Å². The quantitative estimate of drug-likeness (QED) is 0.912. The van der Waals surface area contributed by atoms with E-state index in [0.29, 0.717) is 23.0 Å². The van der Waals surface area contributed by atoms with Crippen LogP contribution in [0.5, 0.6) is 5.75 Å². The molecule has 0 aromatic heterocycles. The fourth-order valence-electron chi connectivity index (χ4n) is 2.09. The number of likely N-dealkylation sites (tertiary alicyclic amines) is 1. The van der Waals surface area contributed by atoms with Crippen molar-refractivity contribution in [1.29, 1.82) is 0 Å². The molecule has 1 amide bonds. The predicted octanol–water partition coefficient (Wildman–Crippen LogP) is 2.38. The van der Waals surface area contributed by atoms with Crippen LogP contribution in [0.2, 0.25) is 5.02 Å². The third-order valence-corrected chi connectivity index (χ3v) is 3.30. The molecule has 5 heteroatoms. The van der Waals surface area contributed by atoms with Crippen molar-refractivity contribution in [1.82, 2.24) is 4.90 Å². The van der Waals surface area contributed by atoms with Crippen LogP contribution in [0.25, 0.3) is 0 Å². The highest BCUT2D eigenvalue weighted by molar-refractivity contribution is 6.32. The van der Waals surface area contributed by atoms with Gasteiger partial charge in [-0.05, 0) is 44.1 Å². The molecule has 1 N–H and O–H groups in total. The maximum atomic E-state index is 11.8. The number of amides is 1. The fraction of sp³-hybridized carbons (Fsp3) is 0.462. The van der Waals surface area contributed by atoms with Crippen molar-refractivity contribution in [2.45, 2.75) is 12.8 Å². The first-order valence-corrected chi connectivity index (χ1v) is 6.42. The van der Waals surface area contributed by atoms with E-state index in [1.165, 1.54) is 12.8 Å². The Kier molecular flexibility index (Phi) is 4.44. The van der Waals surface area contributed by atoms with Crippen molar-refractivity contribution in [2.75, 3.05) is 32.1 Å². The summed E-state index contributed by atoms with van der Waals surface area (Å²) >= 11 is 6.00. The molecule has 1 aromatic rings. The second kappa shape index (κ2) is 6.07. The summed E-state index contributed by atoms with van der Waals surface area (Å²) in [7, 11) is 1.56. The maximum absolute atomic E-state index is 11.8. The van der Waals surface area contributed by atoms with Gasteiger partial charge in [-0.1, -0.05) is 11.6 Å². The molecule has 1 aromatic carbocycles. The van der Waals surface area contributed by atoms with E-state index in [-0.39, 0.29) is 5.91 Å². The van der Waals surface area contributed by atoms with Gasteiger partial charge in [-0.25, -0.2) is 0 Å². The minimum absolute atomic E-state index is 0.00173. The molecule has 0 saturated carbocycles. The van der Waals surface area contributed by atoms with Crippen LogP contribution >= 0.6 is 11.6 Å². The molecule has 1 heterocycles. The summed E-state index contributed by atoms with van der Waals surface area (Å²) in [5.41, 5.74) is 0.699. The van der Waals surface area contributed by atoms with E-state index in [1.807, 2.05) is 0 Å². The van der Waals surface area contributed by atoms with E-state index in [1.54, 1.807) is 25.3 Å². The monoisotopic (exact) mass is 268 g/mol. The molecular weight excluding hydrogens is 252 g/mol. The summed E-state index contributed by atoms with van der Waals surface area (Å²) in [4.78, 5) is 14.0. The predicted molar refractivity (Wildman–Crippen MR) is 72.3 cm³/mol. The molecule has 1 saturated heterocycles. The number of nitrogens with one attached hydrogen (secondary N) is 1. The van der Waals surface area contributed by atoms with Crippen LogP contribution in [0.15, 0.2) is 18.2 Å². The summed E-state index contributed by atoms with van der Waals surface area (Å²) in [5.74, 6) is 0.604. The Labute approximate surface area is 112 Å². The zero-order valence-electron chi connectivity index (χ0n) is 10.4. The van der Waals surface area contributed by atoms with E-state index >= 15 is 0 Å². The van der Waals surface area contributed by atoms with Gasteiger partial charge < -0.3 is 10.1 Å². The van der Waals surface area contributed by atoms with Gasteiger partial charge in [0.05, 0.1) is 18.7 Å². The molecule has 0 radical (unpaired) electrons. The molecule has 1 fully saturated rings. The summed E-state index contributed by atoms with van der Waals surface area (Å²) in [6.07, 6.45) is 2.36. The van der Waals surface area contributed by atoms with Crippen LogP contribution in [0, 0.1) is 0 Å². The molecule has 0 spiro atoms. The zero-order valence-corrected chi connectivity index (χ0v) is 11.2. The summed E-state index contributed by atoms with van der Waals surface area (Å²) in [6.45, 7) is 2.47. The number of methoxy groups -OCH3 is 1. The number of ether oxygens (including phenoxy) is 1. The molecule has 0 bridgehead atoms. The van der Waals surface area contributed by atoms with Crippen LogP contribution in [-0.4, -0.2) is 37.6 Å². The highest BCUT2D eigenvalue weighted by Crippen LogP contribution is 2.27. The second-order valence-electron chi connectivity index (χ2n) is 4.38. The number of rotatable bonds is 4. The van der Waals surface area contributed by atoms with Gasteiger partial charge >= 0.3 is 0 Å². The Balaban J connectivity index is 1.92. The lowest BCUT2D eigenvalue weighted by molar-refractivity contribution is -0.117. The smallest absolute Gasteiger partial charge is 0.238 e. The van der Waals surface area contributed by atoms with Gasteiger partial charge in [0.15, 0.2) is 0 Å². The third-order valence-electron chi connectivity index (χ3n) is 3.00. The van der Waals surface area contributed by atoms with Gasteiger partial charge in [-0.2, -0.15) is 0 Å². The molecule has 0 atom stereocenters. The number of carbonyl (C=O) groups excluding carboxylic acids is 1. The zero-order chi connectivity index (χ0) is 13.0. The molecule has 4 nitrogen and oxygen atoms in total. The van der Waals surface area contributed by atoms with E-state index in [4.69, 9.17) is 16.3 Å². The van der Waals surface area contributed by atoms with Crippen LogP contribution < -0.4 is 10.1 Å². The lowest BCUT2D eigenvalue weighted by atomic mass is 10.3. The molecule has 1 aliphatic heterocycles. The normalized spacial score (nSPS) is 15.7. The highest BCUT2D eigenvalue weighted by Gasteiger charge is 2.15. The summed E-state index contributed by atoms with van der Waals surface area (Å²) < 4.78 is 5.06. The summed E-state index contributed by atoms with van der Waals surface area (Å²) in [5, 5.41) is 3.34. The van der Waals surface area contributed by atoms with Crippen molar-refractivity contribution >= 4 is 23.2 Å². The Hall–Kier alpha value is -1.26. The Morgan fingerprint density at radius 1 is 1.44 bits per heavy atom. The summed E-state index contributed by atoms with van der Waals surface area (Å²) in [6, 6.07) is 5.22. The van der Waals surface area contributed by atoms with Gasteiger partial charge in [0.25, 0.3) is 0 Å². The van der Waals surface area contributed by atoms with Crippen LogP contribution in [0.4, 0.5) is 5.69 Å². The molecule has 1 aliphatic rings. The van der Waals surface area contributed by atoms with Crippen molar-refractivity contribution in [3.8, 4) is 5.75 Å². The van der Waals surface area contributed by atoms with E-state index in [2.05, 4.69) is 10.2 Å². The van der Waals surface area contributed by atoms with Crippen molar-refractivity contribution < 1.29 is 9.53 Å². The molecule has 18 heavy (non-hydrogen) atoms. The highest BCUT2D eigenvalue weighted by atomic mass is 35.5. The van der Waals surface area contributed by atoms with Crippen molar-refractivity contribution in [3.63, 3.8) is 0 Å². The minimum Gasteiger partial charge on any atom is -0.495 e. The molecular formula is C13H17ClN2O2. The number of benzene rings is 1. The largest absolute Gasteiger partial charge is 0.495 e. The van der Waals surface area contributed by atoms with Crippen LogP contribution in [0.3, 0.4) is 0 Å². The number of hydrogen-bond acceptors (Lipinski definition) is 3. The number of halogens is 1. The Morgan fingerprint density at radius 3 is 2.78 bits per heavy atom. The second-order valence-corrected chi connectivity index (χ2v) is 4.79. The topological polar surface area (TPSA) is 41.6 Å². The van der Waals surface area contributed by atoms with Crippen molar-refractivity contribution in [2.24, 2.45) is 0 Å². The Morgan fingerprint density at radius 2 is 2.17 bits per heavy atom. The molecule has 98 valence electrons. The average molecular weight is 269 g/mol. The molecule has 2 rings (SSSR count). The number of carbonyl (C=O) groups is 1. The van der Waals surface area contributed by atoms with E-state index in [0.717, 1.165) is 13.1 Å². The fourth-order valence-corrected chi connectivity index (χ4v) is 2.35. The lowest BCUT2D eigenvalue weighted by Gasteiger charge is -2.14. The van der Waals surface area contributed by atoms with Gasteiger partial charge in [0, 0.05) is 5.69 Å². The standard InChI is InChI=1S/C13H17ClN2O2/c1-18-12-5-4-10(8-11(12)14)15-13(17)9-16-6-2-3-7-16/h4-5,8H,2-3,6-7,9H2,1H3,(H,15,17). The van der Waals surface area contributed by atoms with E-state index in [9.17, 15) is 4.79 Å². The number of hydrogen-bond donors (Lipinski definition) is 1. The van der Waals surface area contributed by atoms with Crippen LogP contribution in [0.1, 0.15) is 12.8 Å². The number of anilines is 1. The third kappa shape index (κ3) is 3.37. The lowest BCUT2D eigenvalue weighted by Crippen LogP contribution is -2.30. The average Bonchev–Trinajstić information content (AvgIpc) is 2.82. The SMILES string of the molecule is COc1ccc(NC(=O)CN2CCCC2)cc1Cl. The Bertz CT molecular complexity index is 431. The minimum atomic E-state index is -0.00173. The first-order chi connectivity index (χ1) is 8.69. The van der Waals surface area contributed by atoms with Crippen molar-refractivity contribution in [3.05, 3.63) is 23.2 Å². The van der Waals surface area contributed by atoms with Gasteiger partial charge in [0.1, 0.15) is 5.75 Å². The molecule has 0 unspecified atom stereocenters.